The first kappa shape index (κ1) is 17.4. The van der Waals surface area contributed by atoms with Crippen molar-refractivity contribution in [2.75, 3.05) is 26.7 Å². The monoisotopic (exact) mass is 339 g/mol. The highest BCUT2D eigenvalue weighted by Gasteiger charge is 2.16. The number of rotatable bonds is 4. The van der Waals surface area contributed by atoms with Crippen LogP contribution in [0.25, 0.3) is 0 Å². The van der Waals surface area contributed by atoms with Gasteiger partial charge in [0.1, 0.15) is 0 Å². The van der Waals surface area contributed by atoms with Crippen molar-refractivity contribution >= 4 is 11.7 Å². The van der Waals surface area contributed by atoms with Gasteiger partial charge in [0, 0.05) is 50.6 Å². The molecule has 0 unspecified atom stereocenters. The Bertz CT molecular complexity index is 709. The van der Waals surface area contributed by atoms with Crippen LogP contribution in [-0.4, -0.2) is 48.2 Å². The topological polar surface area (TPSA) is 52.7 Å². The first-order valence-corrected chi connectivity index (χ1v) is 8.85. The van der Waals surface area contributed by atoms with Crippen LogP contribution in [0.1, 0.15) is 34.3 Å². The molecular formula is C20H25N3O2. The van der Waals surface area contributed by atoms with Crippen molar-refractivity contribution in [2.45, 2.75) is 25.7 Å². The molecule has 2 aliphatic rings. The molecule has 1 aromatic rings. The van der Waals surface area contributed by atoms with Gasteiger partial charge in [-0.3, -0.25) is 9.59 Å². The summed E-state index contributed by atoms with van der Waals surface area (Å²) in [5.41, 5.74) is 3.30. The molecule has 5 heteroatoms. The van der Waals surface area contributed by atoms with Gasteiger partial charge in [0.2, 0.25) is 5.91 Å². The normalized spacial score (nSPS) is 17.0. The molecule has 132 valence electrons. The summed E-state index contributed by atoms with van der Waals surface area (Å²) in [5.74, 6) is 0.0170. The summed E-state index contributed by atoms with van der Waals surface area (Å²) >= 11 is 0. The Balaban J connectivity index is 1.59. The molecule has 0 aliphatic carbocycles. The van der Waals surface area contributed by atoms with Crippen LogP contribution in [0.5, 0.6) is 0 Å². The highest BCUT2D eigenvalue weighted by atomic mass is 16.2. The van der Waals surface area contributed by atoms with Crippen molar-refractivity contribution in [3.63, 3.8) is 0 Å². The van der Waals surface area contributed by atoms with Crippen LogP contribution in [0.4, 0.5) is 0 Å². The summed E-state index contributed by atoms with van der Waals surface area (Å²) in [6.07, 6.45) is 9.89. The van der Waals surface area contributed by atoms with Gasteiger partial charge in [0.25, 0.3) is 0 Å². The molecule has 2 heterocycles. The van der Waals surface area contributed by atoms with E-state index in [0.717, 1.165) is 31.5 Å². The lowest BCUT2D eigenvalue weighted by molar-refractivity contribution is -0.128. The van der Waals surface area contributed by atoms with Gasteiger partial charge in [-0.25, -0.2) is 0 Å². The average molecular weight is 339 g/mol. The minimum absolute atomic E-state index is 0.0245. The van der Waals surface area contributed by atoms with Gasteiger partial charge in [-0.2, -0.15) is 0 Å². The number of benzene rings is 1. The summed E-state index contributed by atoms with van der Waals surface area (Å²) in [5, 5.41) is 3.38. The Hall–Kier alpha value is -2.40. The molecule has 0 radical (unpaired) electrons. The van der Waals surface area contributed by atoms with E-state index in [2.05, 4.69) is 11.4 Å². The molecule has 0 aromatic heterocycles. The number of ketones is 1. The van der Waals surface area contributed by atoms with E-state index < -0.39 is 0 Å². The van der Waals surface area contributed by atoms with E-state index in [1.54, 1.807) is 11.1 Å². The molecule has 0 spiro atoms. The number of hydrogen-bond donors (Lipinski definition) is 1. The summed E-state index contributed by atoms with van der Waals surface area (Å²) in [6.45, 7) is 2.48. The largest absolute Gasteiger partial charge is 0.356 e. The van der Waals surface area contributed by atoms with E-state index in [1.165, 1.54) is 11.1 Å². The van der Waals surface area contributed by atoms with E-state index in [0.29, 0.717) is 6.54 Å². The summed E-state index contributed by atoms with van der Waals surface area (Å²) in [7, 11) is 1.92. The lowest BCUT2D eigenvalue weighted by atomic mass is 9.97. The number of fused-ring (bicyclic) bond motifs is 1. The van der Waals surface area contributed by atoms with Crippen LogP contribution >= 0.6 is 0 Å². The van der Waals surface area contributed by atoms with Crippen LogP contribution < -0.4 is 5.32 Å². The number of nitrogens with zero attached hydrogens (tertiary/aromatic N) is 2. The standard InChI is InChI=1S/C20H25N3O2/c1-22-11-2-12-23(14-13-22)20(25)6-5-19(24)18-4-3-16-7-9-21-10-8-17(16)15-18/h2-4,11,13-15,21H,5-10,12H2,1H3. The van der Waals surface area contributed by atoms with Crippen molar-refractivity contribution in [3.8, 4) is 0 Å². The number of hydrogen-bond acceptors (Lipinski definition) is 4. The van der Waals surface area contributed by atoms with Crippen LogP contribution in [0.2, 0.25) is 0 Å². The van der Waals surface area contributed by atoms with E-state index in [4.69, 9.17) is 0 Å². The van der Waals surface area contributed by atoms with Gasteiger partial charge in [-0.15, -0.1) is 0 Å². The maximum Gasteiger partial charge on any atom is 0.227 e. The molecular weight excluding hydrogens is 314 g/mol. The fourth-order valence-electron chi connectivity index (χ4n) is 3.16. The highest BCUT2D eigenvalue weighted by molar-refractivity contribution is 5.98. The lowest BCUT2D eigenvalue weighted by Gasteiger charge is -2.15. The van der Waals surface area contributed by atoms with Crippen molar-refractivity contribution < 1.29 is 9.59 Å². The van der Waals surface area contributed by atoms with Crippen molar-refractivity contribution in [3.05, 3.63) is 59.6 Å². The second-order valence-electron chi connectivity index (χ2n) is 6.55. The van der Waals surface area contributed by atoms with Crippen LogP contribution in [0, 0.1) is 0 Å². The van der Waals surface area contributed by atoms with Gasteiger partial charge in [0.05, 0.1) is 0 Å². The Morgan fingerprint density at radius 1 is 1.04 bits per heavy atom. The predicted octanol–water partition coefficient (Wildman–Crippen LogP) is 2.10. The minimum atomic E-state index is -0.0245. The zero-order chi connectivity index (χ0) is 17.6. The second kappa shape index (κ2) is 8.12. The molecule has 5 nitrogen and oxygen atoms in total. The van der Waals surface area contributed by atoms with Crippen LogP contribution in [-0.2, 0) is 17.6 Å². The van der Waals surface area contributed by atoms with Crippen LogP contribution in [0.15, 0.2) is 42.9 Å². The maximum atomic E-state index is 12.5. The van der Waals surface area contributed by atoms with Gasteiger partial charge in [-0.1, -0.05) is 12.1 Å². The molecule has 1 amide bonds. The lowest BCUT2D eigenvalue weighted by Crippen LogP contribution is -2.26. The van der Waals surface area contributed by atoms with E-state index in [1.807, 2.05) is 42.6 Å². The predicted molar refractivity (Wildman–Crippen MR) is 98.0 cm³/mol. The molecule has 0 bridgehead atoms. The van der Waals surface area contributed by atoms with E-state index in [9.17, 15) is 9.59 Å². The molecule has 2 aliphatic heterocycles. The third kappa shape index (κ3) is 4.57. The molecule has 0 saturated carbocycles. The molecule has 1 aromatic carbocycles. The molecule has 0 saturated heterocycles. The maximum absolute atomic E-state index is 12.5. The van der Waals surface area contributed by atoms with Gasteiger partial charge in [0.15, 0.2) is 5.78 Å². The number of carbonyl (C=O) groups is 2. The second-order valence-corrected chi connectivity index (χ2v) is 6.55. The molecule has 0 fully saturated rings. The van der Waals surface area contributed by atoms with Crippen molar-refractivity contribution in [1.82, 2.24) is 15.1 Å². The quantitative estimate of drug-likeness (QED) is 0.854. The molecule has 25 heavy (non-hydrogen) atoms. The number of carbonyl (C=O) groups excluding carboxylic acids is 2. The summed E-state index contributed by atoms with van der Waals surface area (Å²) in [6, 6.07) is 5.98. The smallest absolute Gasteiger partial charge is 0.227 e. The summed E-state index contributed by atoms with van der Waals surface area (Å²) in [4.78, 5) is 28.4. The number of Topliss-reactive ketones (excluding diaryl/α,β-unsaturated/α-hetero) is 1. The molecule has 3 rings (SSSR count). The third-order valence-corrected chi connectivity index (χ3v) is 4.68. The van der Waals surface area contributed by atoms with E-state index >= 15 is 0 Å². The Morgan fingerprint density at radius 2 is 1.84 bits per heavy atom. The minimum Gasteiger partial charge on any atom is -0.356 e. The SMILES string of the molecule is CN1C=CCN(C(=O)CCC(=O)c2ccc3c(c2)CCNCC3)C=C1. The summed E-state index contributed by atoms with van der Waals surface area (Å²) < 4.78 is 0. The van der Waals surface area contributed by atoms with Gasteiger partial charge >= 0.3 is 0 Å². The Morgan fingerprint density at radius 3 is 2.68 bits per heavy atom. The molecule has 1 N–H and O–H groups in total. The van der Waals surface area contributed by atoms with Crippen molar-refractivity contribution in [2.24, 2.45) is 0 Å². The van der Waals surface area contributed by atoms with Crippen molar-refractivity contribution in [1.29, 1.82) is 0 Å². The fraction of sp³-hybridized carbons (Fsp3) is 0.400. The average Bonchev–Trinajstić information content (AvgIpc) is 2.98. The third-order valence-electron chi connectivity index (χ3n) is 4.68. The first-order chi connectivity index (χ1) is 12.1. The zero-order valence-corrected chi connectivity index (χ0v) is 14.7. The van der Waals surface area contributed by atoms with Crippen LogP contribution in [0.3, 0.4) is 0 Å². The fourth-order valence-corrected chi connectivity index (χ4v) is 3.16. The zero-order valence-electron chi connectivity index (χ0n) is 14.7. The van der Waals surface area contributed by atoms with E-state index in [-0.39, 0.29) is 24.5 Å². The Kier molecular flexibility index (Phi) is 5.66. The number of nitrogens with one attached hydrogen (secondary N) is 1. The first-order valence-electron chi connectivity index (χ1n) is 8.85. The van der Waals surface area contributed by atoms with Gasteiger partial charge < -0.3 is 15.1 Å². The molecule has 0 atom stereocenters. The number of amides is 1. The highest BCUT2D eigenvalue weighted by Crippen LogP contribution is 2.17. The van der Waals surface area contributed by atoms with Gasteiger partial charge in [-0.05, 0) is 49.2 Å². The Labute approximate surface area is 149 Å².